The lowest BCUT2D eigenvalue weighted by atomic mass is 10.8. The molecule has 0 saturated heterocycles. The Hall–Kier alpha value is 0.180. The average molecular weight is 97.5 g/mol. The van der Waals surface area contributed by atoms with E-state index in [1.54, 1.807) is 0 Å². The molecule has 0 aliphatic carbocycles. The standard InChI is InChI=1S/C2H3ClFO/c3-1-2(4)5/h1-2,5H. The van der Waals surface area contributed by atoms with Crippen LogP contribution in [0.4, 0.5) is 4.39 Å². The van der Waals surface area contributed by atoms with Crippen molar-refractivity contribution in [1.82, 2.24) is 0 Å². The Morgan fingerprint density at radius 2 is 2.20 bits per heavy atom. The van der Waals surface area contributed by atoms with Crippen LogP contribution in [-0.4, -0.2) is 11.5 Å². The quantitative estimate of drug-likeness (QED) is 0.510. The maximum Gasteiger partial charge on any atom is 0.214 e. The zero-order valence-electron chi connectivity index (χ0n) is 2.36. The van der Waals surface area contributed by atoms with Gasteiger partial charge in [-0.05, 0) is 0 Å². The monoisotopic (exact) mass is 97.0 g/mol. The summed E-state index contributed by atoms with van der Waals surface area (Å²) < 4.78 is 10.8. The van der Waals surface area contributed by atoms with Gasteiger partial charge in [-0.25, -0.2) is 4.39 Å². The van der Waals surface area contributed by atoms with Crippen molar-refractivity contribution in [2.75, 3.05) is 0 Å². The van der Waals surface area contributed by atoms with Crippen molar-refractivity contribution in [3.05, 3.63) is 5.88 Å². The molecule has 0 spiro atoms. The van der Waals surface area contributed by atoms with E-state index in [0.717, 1.165) is 0 Å². The summed E-state index contributed by atoms with van der Waals surface area (Å²) in [7, 11) is 0. The molecule has 3 heteroatoms. The van der Waals surface area contributed by atoms with Gasteiger partial charge in [0.2, 0.25) is 6.36 Å². The highest BCUT2D eigenvalue weighted by atomic mass is 35.5. The first-order valence-corrected chi connectivity index (χ1v) is 1.46. The van der Waals surface area contributed by atoms with E-state index in [4.69, 9.17) is 5.11 Å². The van der Waals surface area contributed by atoms with Crippen LogP contribution >= 0.6 is 11.6 Å². The van der Waals surface area contributed by atoms with Crippen molar-refractivity contribution in [3.8, 4) is 0 Å². The van der Waals surface area contributed by atoms with Gasteiger partial charge in [-0.1, -0.05) is 0 Å². The van der Waals surface area contributed by atoms with Crippen LogP contribution < -0.4 is 0 Å². The van der Waals surface area contributed by atoms with E-state index in [1.807, 2.05) is 0 Å². The SMILES string of the molecule is OC(F)[CH]Cl. The maximum atomic E-state index is 10.8. The number of alkyl halides is 1. The molecular formula is C2H3ClFO. The van der Waals surface area contributed by atoms with E-state index in [2.05, 4.69) is 11.6 Å². The van der Waals surface area contributed by atoms with Crippen molar-refractivity contribution in [3.63, 3.8) is 0 Å². The molecule has 1 nitrogen and oxygen atoms in total. The van der Waals surface area contributed by atoms with Gasteiger partial charge in [0.1, 0.15) is 5.88 Å². The smallest absolute Gasteiger partial charge is 0.214 e. The fourth-order valence-electron chi connectivity index (χ4n) is 0. The molecule has 0 aliphatic rings. The minimum absolute atomic E-state index is 0.528. The summed E-state index contributed by atoms with van der Waals surface area (Å²) in [6.45, 7) is 0. The van der Waals surface area contributed by atoms with Gasteiger partial charge in [0.15, 0.2) is 0 Å². The van der Waals surface area contributed by atoms with Crippen LogP contribution in [0.2, 0.25) is 0 Å². The molecule has 0 fully saturated rings. The Labute approximate surface area is 34.4 Å². The number of aliphatic hydroxyl groups excluding tert-OH is 1. The number of rotatable bonds is 1. The molecule has 0 aromatic heterocycles. The Morgan fingerprint density at radius 1 is 2.00 bits per heavy atom. The summed E-state index contributed by atoms with van der Waals surface area (Å²) in [5.41, 5.74) is 0. The summed E-state index contributed by atoms with van der Waals surface area (Å²) in [5, 5.41) is 7.51. The molecule has 1 radical (unpaired) electrons. The van der Waals surface area contributed by atoms with Gasteiger partial charge in [-0.2, -0.15) is 0 Å². The highest BCUT2D eigenvalue weighted by Gasteiger charge is 1.90. The lowest BCUT2D eigenvalue weighted by Crippen LogP contribution is -1.89. The molecule has 0 rings (SSSR count). The summed E-state index contributed by atoms with van der Waals surface area (Å²) in [5.74, 6) is 0.528. The van der Waals surface area contributed by atoms with Gasteiger partial charge in [-0.15, -0.1) is 11.6 Å². The molecule has 0 bridgehead atoms. The molecule has 0 heterocycles. The fourth-order valence-corrected chi connectivity index (χ4v) is 0. The summed E-state index contributed by atoms with van der Waals surface area (Å²) in [6, 6.07) is 0. The summed E-state index contributed by atoms with van der Waals surface area (Å²) in [6.07, 6.45) is -1.98. The largest absolute Gasteiger partial charge is 0.363 e. The van der Waals surface area contributed by atoms with Crippen LogP contribution in [0, 0.1) is 5.88 Å². The van der Waals surface area contributed by atoms with E-state index < -0.39 is 6.36 Å². The highest BCUT2D eigenvalue weighted by molar-refractivity contribution is 6.23. The Bertz CT molecular complexity index is 23.6. The molecule has 1 N–H and O–H groups in total. The third-order valence-electron chi connectivity index (χ3n) is 0.104. The Morgan fingerprint density at radius 3 is 2.20 bits per heavy atom. The third-order valence-corrected chi connectivity index (χ3v) is 0.312. The van der Waals surface area contributed by atoms with Gasteiger partial charge < -0.3 is 5.11 Å². The topological polar surface area (TPSA) is 20.2 Å². The maximum absolute atomic E-state index is 10.8. The third kappa shape index (κ3) is 4.18. The van der Waals surface area contributed by atoms with Crippen molar-refractivity contribution in [1.29, 1.82) is 0 Å². The second kappa shape index (κ2) is 2.42. The summed E-state index contributed by atoms with van der Waals surface area (Å²) >= 11 is 4.59. The Balaban J connectivity index is 2.54. The fraction of sp³-hybridized carbons (Fsp3) is 0.500. The molecule has 0 aromatic carbocycles. The first-order valence-electron chi connectivity index (χ1n) is 1.03. The number of hydrogen-bond donors (Lipinski definition) is 1. The van der Waals surface area contributed by atoms with Crippen molar-refractivity contribution >= 4 is 11.6 Å². The molecular weight excluding hydrogens is 94.5 g/mol. The van der Waals surface area contributed by atoms with Gasteiger partial charge in [0.25, 0.3) is 0 Å². The van der Waals surface area contributed by atoms with E-state index in [0.29, 0.717) is 5.88 Å². The molecule has 1 unspecified atom stereocenters. The van der Waals surface area contributed by atoms with E-state index in [1.165, 1.54) is 0 Å². The van der Waals surface area contributed by atoms with Crippen molar-refractivity contribution in [2.45, 2.75) is 6.36 Å². The van der Waals surface area contributed by atoms with Crippen LogP contribution in [0.3, 0.4) is 0 Å². The first kappa shape index (κ1) is 5.18. The minimum atomic E-state index is -1.98. The van der Waals surface area contributed by atoms with Crippen LogP contribution in [0.1, 0.15) is 0 Å². The first-order chi connectivity index (χ1) is 2.27. The molecule has 1 atom stereocenters. The van der Waals surface area contributed by atoms with Gasteiger partial charge in [0.05, 0.1) is 0 Å². The van der Waals surface area contributed by atoms with Crippen LogP contribution in [-0.2, 0) is 0 Å². The molecule has 0 saturated carbocycles. The predicted molar refractivity (Wildman–Crippen MR) is 17.3 cm³/mol. The number of hydrogen-bond acceptors (Lipinski definition) is 1. The van der Waals surface area contributed by atoms with Crippen LogP contribution in [0.25, 0.3) is 0 Å². The molecule has 31 valence electrons. The van der Waals surface area contributed by atoms with E-state index in [-0.39, 0.29) is 0 Å². The summed E-state index contributed by atoms with van der Waals surface area (Å²) in [4.78, 5) is 0. The number of halogens is 2. The second-order valence-electron chi connectivity index (χ2n) is 0.499. The zero-order chi connectivity index (χ0) is 4.28. The molecule has 5 heavy (non-hydrogen) atoms. The number of aliphatic hydroxyl groups is 1. The van der Waals surface area contributed by atoms with Gasteiger partial charge in [0, 0.05) is 0 Å². The van der Waals surface area contributed by atoms with Crippen LogP contribution in [0.15, 0.2) is 0 Å². The predicted octanol–water partition coefficient (Wildman–Crippen LogP) is 0.675. The molecule has 0 aliphatic heterocycles. The van der Waals surface area contributed by atoms with Crippen LogP contribution in [0.5, 0.6) is 0 Å². The van der Waals surface area contributed by atoms with Crippen molar-refractivity contribution < 1.29 is 9.50 Å². The highest BCUT2D eigenvalue weighted by Crippen LogP contribution is 1.91. The van der Waals surface area contributed by atoms with Gasteiger partial charge >= 0.3 is 0 Å². The zero-order valence-corrected chi connectivity index (χ0v) is 3.11. The van der Waals surface area contributed by atoms with Crippen molar-refractivity contribution in [2.24, 2.45) is 0 Å². The lowest BCUT2D eigenvalue weighted by Gasteiger charge is -1.83. The van der Waals surface area contributed by atoms with E-state index >= 15 is 0 Å². The second-order valence-corrected chi connectivity index (χ2v) is 0.751. The minimum Gasteiger partial charge on any atom is -0.363 e. The Kier molecular flexibility index (Phi) is 2.51. The molecule has 0 aromatic rings. The lowest BCUT2D eigenvalue weighted by molar-refractivity contribution is 0.0809. The molecule has 0 amide bonds. The van der Waals surface area contributed by atoms with Gasteiger partial charge in [-0.3, -0.25) is 0 Å². The average Bonchev–Trinajstić information content (AvgIpc) is 1.38. The normalized spacial score (nSPS) is 15.0. The van der Waals surface area contributed by atoms with E-state index in [9.17, 15) is 4.39 Å².